The molecular formula is C12H18BrN3. The van der Waals surface area contributed by atoms with Crippen LogP contribution >= 0.6 is 15.9 Å². The highest BCUT2D eigenvalue weighted by molar-refractivity contribution is 9.10. The quantitative estimate of drug-likeness (QED) is 0.856. The van der Waals surface area contributed by atoms with Gasteiger partial charge in [0.25, 0.3) is 0 Å². The minimum atomic E-state index is 0.386. The summed E-state index contributed by atoms with van der Waals surface area (Å²) in [5.41, 5.74) is 9.61. The SMILES string of the molecule is Cc1cc(Br)c2c(c1)N(C)CC(CN)N2C. The van der Waals surface area contributed by atoms with Crippen LogP contribution in [0.15, 0.2) is 16.6 Å². The molecule has 1 atom stereocenters. The van der Waals surface area contributed by atoms with E-state index in [-0.39, 0.29) is 0 Å². The highest BCUT2D eigenvalue weighted by Gasteiger charge is 2.27. The van der Waals surface area contributed by atoms with Crippen LogP contribution in [0.5, 0.6) is 0 Å². The molecule has 1 heterocycles. The van der Waals surface area contributed by atoms with E-state index in [1.807, 2.05) is 0 Å². The third-order valence-electron chi connectivity index (χ3n) is 3.26. The molecule has 0 amide bonds. The maximum absolute atomic E-state index is 5.81. The van der Waals surface area contributed by atoms with Gasteiger partial charge >= 0.3 is 0 Å². The van der Waals surface area contributed by atoms with Gasteiger partial charge in [-0.2, -0.15) is 0 Å². The Labute approximate surface area is 105 Å². The summed E-state index contributed by atoms with van der Waals surface area (Å²) in [5, 5.41) is 0. The first-order chi connectivity index (χ1) is 7.54. The Bertz CT molecular complexity index is 405. The van der Waals surface area contributed by atoms with Crippen LogP contribution in [0.3, 0.4) is 0 Å². The summed E-state index contributed by atoms with van der Waals surface area (Å²) >= 11 is 3.65. The van der Waals surface area contributed by atoms with Crippen LogP contribution in [-0.2, 0) is 0 Å². The van der Waals surface area contributed by atoms with Gasteiger partial charge in [0.2, 0.25) is 0 Å². The minimum Gasteiger partial charge on any atom is -0.371 e. The van der Waals surface area contributed by atoms with Crippen molar-refractivity contribution in [3.05, 3.63) is 22.2 Å². The van der Waals surface area contributed by atoms with Gasteiger partial charge in [0.1, 0.15) is 0 Å². The summed E-state index contributed by atoms with van der Waals surface area (Å²) in [4.78, 5) is 4.56. The molecule has 1 aromatic rings. The third-order valence-corrected chi connectivity index (χ3v) is 3.86. The molecule has 0 saturated carbocycles. The Morgan fingerprint density at radius 3 is 2.75 bits per heavy atom. The molecule has 3 nitrogen and oxygen atoms in total. The Balaban J connectivity index is 2.54. The predicted molar refractivity (Wildman–Crippen MR) is 73.4 cm³/mol. The van der Waals surface area contributed by atoms with Gasteiger partial charge in [0.15, 0.2) is 0 Å². The van der Waals surface area contributed by atoms with Crippen LogP contribution < -0.4 is 15.5 Å². The second-order valence-electron chi connectivity index (χ2n) is 4.50. The number of fused-ring (bicyclic) bond motifs is 1. The highest BCUT2D eigenvalue weighted by atomic mass is 79.9. The van der Waals surface area contributed by atoms with Crippen LogP contribution in [0.4, 0.5) is 11.4 Å². The molecule has 1 unspecified atom stereocenters. The van der Waals surface area contributed by atoms with Crippen molar-refractivity contribution in [1.29, 1.82) is 0 Å². The first kappa shape index (κ1) is 11.7. The van der Waals surface area contributed by atoms with E-state index in [1.54, 1.807) is 0 Å². The van der Waals surface area contributed by atoms with E-state index in [4.69, 9.17) is 5.73 Å². The number of rotatable bonds is 1. The van der Waals surface area contributed by atoms with Crippen molar-refractivity contribution in [2.24, 2.45) is 5.73 Å². The number of nitrogens with two attached hydrogens (primary N) is 1. The fourth-order valence-corrected chi connectivity index (χ4v) is 3.15. The lowest BCUT2D eigenvalue weighted by Crippen LogP contribution is -2.49. The van der Waals surface area contributed by atoms with Gasteiger partial charge in [-0.3, -0.25) is 0 Å². The fourth-order valence-electron chi connectivity index (χ4n) is 2.31. The van der Waals surface area contributed by atoms with E-state index in [2.05, 4.69) is 58.9 Å². The van der Waals surface area contributed by atoms with Crippen molar-refractivity contribution in [2.75, 3.05) is 37.0 Å². The zero-order chi connectivity index (χ0) is 11.9. The highest BCUT2D eigenvalue weighted by Crippen LogP contribution is 2.40. The molecule has 0 spiro atoms. The van der Waals surface area contributed by atoms with Gasteiger partial charge in [-0.05, 0) is 40.5 Å². The molecule has 0 saturated heterocycles. The Hall–Kier alpha value is -0.740. The molecule has 0 bridgehead atoms. The van der Waals surface area contributed by atoms with Crippen molar-refractivity contribution in [3.63, 3.8) is 0 Å². The molecule has 2 N–H and O–H groups in total. The molecule has 4 heteroatoms. The van der Waals surface area contributed by atoms with Crippen molar-refractivity contribution in [2.45, 2.75) is 13.0 Å². The first-order valence-corrected chi connectivity index (χ1v) is 6.28. The minimum absolute atomic E-state index is 0.386. The molecule has 0 radical (unpaired) electrons. The van der Waals surface area contributed by atoms with Crippen LogP contribution in [-0.4, -0.2) is 33.2 Å². The number of likely N-dealkylation sites (N-methyl/N-ethyl adjacent to an activating group) is 2. The average molecular weight is 284 g/mol. The summed E-state index contributed by atoms with van der Waals surface area (Å²) in [5.74, 6) is 0. The van der Waals surface area contributed by atoms with E-state index < -0.39 is 0 Å². The van der Waals surface area contributed by atoms with Crippen LogP contribution in [0.1, 0.15) is 5.56 Å². The molecule has 1 aromatic carbocycles. The molecule has 88 valence electrons. The average Bonchev–Trinajstić information content (AvgIpc) is 2.22. The standard InChI is InChI=1S/C12H18BrN3/c1-8-4-10(13)12-11(5-8)15(2)7-9(6-14)16(12)3/h4-5,9H,6-7,14H2,1-3H3. The van der Waals surface area contributed by atoms with Crippen LogP contribution in [0, 0.1) is 6.92 Å². The number of anilines is 2. The lowest BCUT2D eigenvalue weighted by molar-refractivity contribution is 0.608. The summed E-state index contributed by atoms with van der Waals surface area (Å²) < 4.78 is 1.15. The maximum atomic E-state index is 5.81. The largest absolute Gasteiger partial charge is 0.371 e. The number of nitrogens with zero attached hydrogens (tertiary/aromatic N) is 2. The second kappa shape index (κ2) is 4.26. The number of hydrogen-bond donors (Lipinski definition) is 1. The Morgan fingerprint density at radius 1 is 1.44 bits per heavy atom. The summed E-state index contributed by atoms with van der Waals surface area (Å²) in [6, 6.07) is 4.77. The van der Waals surface area contributed by atoms with Gasteiger partial charge in [-0.15, -0.1) is 0 Å². The van der Waals surface area contributed by atoms with Gasteiger partial charge in [0, 0.05) is 31.7 Å². The van der Waals surface area contributed by atoms with Crippen LogP contribution in [0.2, 0.25) is 0 Å². The molecule has 2 rings (SSSR count). The lowest BCUT2D eigenvalue weighted by atomic mass is 10.1. The zero-order valence-electron chi connectivity index (χ0n) is 10.00. The molecule has 0 aliphatic carbocycles. The molecule has 16 heavy (non-hydrogen) atoms. The predicted octanol–water partition coefficient (Wildman–Crippen LogP) is 1.97. The van der Waals surface area contributed by atoms with E-state index >= 15 is 0 Å². The van der Waals surface area contributed by atoms with Crippen molar-refractivity contribution >= 4 is 27.3 Å². The smallest absolute Gasteiger partial charge is 0.0749 e. The summed E-state index contributed by atoms with van der Waals surface area (Å²) in [7, 11) is 4.24. The number of benzene rings is 1. The Morgan fingerprint density at radius 2 is 2.12 bits per heavy atom. The zero-order valence-corrected chi connectivity index (χ0v) is 11.6. The van der Waals surface area contributed by atoms with Crippen molar-refractivity contribution < 1.29 is 0 Å². The lowest BCUT2D eigenvalue weighted by Gasteiger charge is -2.41. The topological polar surface area (TPSA) is 32.5 Å². The molecule has 0 fully saturated rings. The van der Waals surface area contributed by atoms with E-state index in [0.717, 1.165) is 11.0 Å². The molecule has 1 aliphatic heterocycles. The Kier molecular flexibility index (Phi) is 3.13. The third kappa shape index (κ3) is 1.80. The summed E-state index contributed by atoms with van der Waals surface area (Å²) in [6.07, 6.45) is 0. The molecule has 0 aromatic heterocycles. The van der Waals surface area contributed by atoms with Crippen molar-refractivity contribution in [3.8, 4) is 0 Å². The van der Waals surface area contributed by atoms with E-state index in [0.29, 0.717) is 12.6 Å². The van der Waals surface area contributed by atoms with Gasteiger partial charge in [-0.25, -0.2) is 0 Å². The van der Waals surface area contributed by atoms with Crippen LogP contribution in [0.25, 0.3) is 0 Å². The first-order valence-electron chi connectivity index (χ1n) is 5.48. The summed E-state index contributed by atoms with van der Waals surface area (Å²) in [6.45, 7) is 3.78. The second-order valence-corrected chi connectivity index (χ2v) is 5.35. The molecule has 1 aliphatic rings. The normalized spacial score (nSPS) is 19.9. The number of aryl methyl sites for hydroxylation is 1. The number of hydrogen-bond acceptors (Lipinski definition) is 3. The van der Waals surface area contributed by atoms with Gasteiger partial charge in [0.05, 0.1) is 17.4 Å². The van der Waals surface area contributed by atoms with E-state index in [9.17, 15) is 0 Å². The number of halogens is 1. The van der Waals surface area contributed by atoms with Gasteiger partial charge in [-0.1, -0.05) is 0 Å². The fraction of sp³-hybridized carbons (Fsp3) is 0.500. The van der Waals surface area contributed by atoms with Gasteiger partial charge < -0.3 is 15.5 Å². The maximum Gasteiger partial charge on any atom is 0.0749 e. The van der Waals surface area contributed by atoms with Crippen molar-refractivity contribution in [1.82, 2.24) is 0 Å². The van der Waals surface area contributed by atoms with E-state index in [1.165, 1.54) is 16.9 Å². The molecular weight excluding hydrogens is 266 g/mol. The monoisotopic (exact) mass is 283 g/mol.